The molecule has 1 atom stereocenters. The van der Waals surface area contributed by atoms with Crippen LogP contribution in [0.2, 0.25) is 0 Å². The van der Waals surface area contributed by atoms with Gasteiger partial charge < -0.3 is 14.0 Å². The topological polar surface area (TPSA) is 49.2 Å². The van der Waals surface area contributed by atoms with Crippen LogP contribution in [0, 0.1) is 0 Å². The van der Waals surface area contributed by atoms with E-state index in [1.54, 1.807) is 23.1 Å². The van der Waals surface area contributed by atoms with E-state index in [-0.39, 0.29) is 6.10 Å². The quantitative estimate of drug-likeness (QED) is 0.595. The fourth-order valence-electron chi connectivity index (χ4n) is 3.11. The van der Waals surface area contributed by atoms with Crippen LogP contribution >= 0.6 is 23.1 Å². The zero-order chi connectivity index (χ0) is 17.3. The maximum Gasteiger partial charge on any atom is 0.191 e. The van der Waals surface area contributed by atoms with Crippen LogP contribution in [0.5, 0.6) is 11.5 Å². The van der Waals surface area contributed by atoms with Crippen molar-refractivity contribution in [1.82, 2.24) is 14.8 Å². The number of hydrogen-bond donors (Lipinski definition) is 0. The van der Waals surface area contributed by atoms with E-state index in [1.165, 1.54) is 17.7 Å². The summed E-state index contributed by atoms with van der Waals surface area (Å²) in [4.78, 5) is 1.33. The van der Waals surface area contributed by atoms with Crippen LogP contribution < -0.4 is 9.47 Å². The highest BCUT2D eigenvalue weighted by Crippen LogP contribution is 2.40. The number of para-hydroxylation sites is 2. The molecule has 0 unspecified atom stereocenters. The molecule has 7 heteroatoms. The highest BCUT2D eigenvalue weighted by atomic mass is 32.2. The Bertz CT molecular complexity index is 890. The molecule has 3 heterocycles. The third-order valence-electron chi connectivity index (χ3n) is 4.53. The first kappa shape index (κ1) is 16.2. The van der Waals surface area contributed by atoms with Gasteiger partial charge in [-0.3, -0.25) is 0 Å². The summed E-state index contributed by atoms with van der Waals surface area (Å²) in [5.74, 6) is 3.53. The normalized spacial score (nSPS) is 18.8. The van der Waals surface area contributed by atoms with Crippen molar-refractivity contribution in [3.63, 3.8) is 0 Å². The van der Waals surface area contributed by atoms with Crippen molar-refractivity contribution < 1.29 is 9.47 Å². The Hall–Kier alpha value is -1.99. The van der Waals surface area contributed by atoms with Gasteiger partial charge in [0.2, 0.25) is 0 Å². The van der Waals surface area contributed by atoms with Gasteiger partial charge in [0.1, 0.15) is 18.5 Å². The third-order valence-corrected chi connectivity index (χ3v) is 6.48. The van der Waals surface area contributed by atoms with Gasteiger partial charge in [0.15, 0.2) is 16.7 Å². The Morgan fingerprint density at radius 3 is 2.81 bits per heavy atom. The van der Waals surface area contributed by atoms with Crippen molar-refractivity contribution in [3.8, 4) is 11.5 Å². The lowest BCUT2D eigenvalue weighted by Crippen LogP contribution is -2.31. The summed E-state index contributed by atoms with van der Waals surface area (Å²) < 4.78 is 14.2. The van der Waals surface area contributed by atoms with Gasteiger partial charge in [-0.1, -0.05) is 30.0 Å². The van der Waals surface area contributed by atoms with Gasteiger partial charge >= 0.3 is 0 Å². The number of benzene rings is 1. The van der Waals surface area contributed by atoms with E-state index < -0.39 is 0 Å². The molecule has 1 saturated carbocycles. The van der Waals surface area contributed by atoms with Gasteiger partial charge in [0, 0.05) is 23.1 Å². The largest absolute Gasteiger partial charge is 0.486 e. The number of thiophene rings is 1. The van der Waals surface area contributed by atoms with Crippen LogP contribution in [-0.4, -0.2) is 33.2 Å². The number of thioether (sulfide) groups is 1. The average Bonchev–Trinajstić information content (AvgIpc) is 3.22. The Morgan fingerprint density at radius 2 is 2.00 bits per heavy atom. The molecule has 26 heavy (non-hydrogen) atoms. The minimum Gasteiger partial charge on any atom is -0.486 e. The van der Waals surface area contributed by atoms with E-state index in [0.717, 1.165) is 34.7 Å². The van der Waals surface area contributed by atoms with Crippen molar-refractivity contribution in [1.29, 1.82) is 0 Å². The maximum absolute atomic E-state index is 6.06. The number of ether oxygens (including phenoxy) is 2. The molecule has 134 valence electrons. The van der Waals surface area contributed by atoms with Gasteiger partial charge in [-0.25, -0.2) is 0 Å². The predicted octanol–water partition coefficient (Wildman–Crippen LogP) is 4.20. The molecule has 0 spiro atoms. The summed E-state index contributed by atoms with van der Waals surface area (Å²) in [6.45, 7) is 0.573. The lowest BCUT2D eigenvalue weighted by atomic mass is 10.3. The number of nitrogens with zero attached hydrogens (tertiary/aromatic N) is 3. The van der Waals surface area contributed by atoms with Crippen molar-refractivity contribution >= 4 is 23.1 Å². The monoisotopic (exact) mass is 385 g/mol. The van der Waals surface area contributed by atoms with E-state index >= 15 is 0 Å². The molecule has 5 rings (SSSR count). The number of fused-ring (bicyclic) bond motifs is 1. The zero-order valence-electron chi connectivity index (χ0n) is 14.2. The smallest absolute Gasteiger partial charge is 0.191 e. The first-order valence-corrected chi connectivity index (χ1v) is 10.7. The van der Waals surface area contributed by atoms with Gasteiger partial charge in [0.05, 0.1) is 0 Å². The average molecular weight is 386 g/mol. The Kier molecular flexibility index (Phi) is 4.34. The Labute approximate surface area is 160 Å². The van der Waals surface area contributed by atoms with Crippen LogP contribution in [0.25, 0.3) is 0 Å². The highest BCUT2D eigenvalue weighted by Gasteiger charge is 2.30. The van der Waals surface area contributed by atoms with E-state index in [4.69, 9.17) is 9.47 Å². The molecule has 0 bridgehead atoms. The summed E-state index contributed by atoms with van der Waals surface area (Å²) in [6.07, 6.45) is 3.33. The molecular formula is C19H19N3O2S2. The lowest BCUT2D eigenvalue weighted by molar-refractivity contribution is 0.107. The van der Waals surface area contributed by atoms with Gasteiger partial charge in [-0.15, -0.1) is 21.5 Å². The van der Waals surface area contributed by atoms with Crippen LogP contribution in [0.4, 0.5) is 0 Å². The minimum atomic E-state index is 0.0278. The Morgan fingerprint density at radius 1 is 1.12 bits per heavy atom. The molecule has 3 aromatic rings. The van der Waals surface area contributed by atoms with Crippen LogP contribution in [0.1, 0.15) is 29.6 Å². The molecule has 0 saturated heterocycles. The molecule has 0 radical (unpaired) electrons. The van der Waals surface area contributed by atoms with E-state index in [9.17, 15) is 0 Å². The lowest BCUT2D eigenvalue weighted by Gasteiger charge is -2.26. The Balaban J connectivity index is 1.28. The van der Waals surface area contributed by atoms with Crippen LogP contribution in [0.15, 0.2) is 46.9 Å². The molecular weight excluding hydrogens is 366 g/mol. The minimum absolute atomic E-state index is 0.0278. The second-order valence-corrected chi connectivity index (χ2v) is 8.58. The van der Waals surface area contributed by atoms with Gasteiger partial charge in [0.25, 0.3) is 0 Å². The molecule has 2 aliphatic rings. The maximum atomic E-state index is 6.06. The zero-order valence-corrected chi connectivity index (χ0v) is 15.8. The van der Waals surface area contributed by atoms with Crippen molar-refractivity contribution in [2.45, 2.75) is 36.6 Å². The molecule has 1 aromatic carbocycles. The molecule has 5 nitrogen and oxygen atoms in total. The fraction of sp³-hybridized carbons (Fsp3) is 0.368. The van der Waals surface area contributed by atoms with Crippen molar-refractivity contribution in [2.75, 3.05) is 12.4 Å². The SMILES string of the molecule is c1csc(Cc2nnc(SC[C@H]3COc4ccccc4O3)n2C2CC2)c1. The fourth-order valence-corrected chi connectivity index (χ4v) is 4.80. The summed E-state index contributed by atoms with van der Waals surface area (Å²) in [5.41, 5.74) is 0. The first-order chi connectivity index (χ1) is 12.9. The van der Waals surface area contributed by atoms with E-state index in [0.29, 0.717) is 12.6 Å². The second kappa shape index (κ2) is 6.96. The van der Waals surface area contributed by atoms with E-state index in [1.807, 2.05) is 24.3 Å². The molecule has 1 aliphatic carbocycles. The second-order valence-electron chi connectivity index (χ2n) is 6.56. The summed E-state index contributed by atoms with van der Waals surface area (Å²) in [5, 5.41) is 12.1. The summed E-state index contributed by atoms with van der Waals surface area (Å²) >= 11 is 3.49. The summed E-state index contributed by atoms with van der Waals surface area (Å²) in [6, 6.07) is 12.6. The molecule has 0 N–H and O–H groups in total. The van der Waals surface area contributed by atoms with Crippen LogP contribution in [-0.2, 0) is 6.42 Å². The first-order valence-electron chi connectivity index (χ1n) is 8.84. The summed E-state index contributed by atoms with van der Waals surface area (Å²) in [7, 11) is 0. The highest BCUT2D eigenvalue weighted by molar-refractivity contribution is 7.99. The number of hydrogen-bond acceptors (Lipinski definition) is 6. The van der Waals surface area contributed by atoms with E-state index in [2.05, 4.69) is 32.3 Å². The van der Waals surface area contributed by atoms with Crippen molar-refractivity contribution in [3.05, 3.63) is 52.5 Å². The standard InChI is InChI=1S/C19H19N3O2S2/c1-2-6-17-16(5-1)23-11-14(24-17)12-26-19-21-20-18(22(19)13-7-8-13)10-15-4-3-9-25-15/h1-6,9,13-14H,7-8,10-12H2/t14-/m1/s1. The van der Waals surface area contributed by atoms with Gasteiger partial charge in [-0.05, 0) is 36.4 Å². The van der Waals surface area contributed by atoms with Crippen LogP contribution in [0.3, 0.4) is 0 Å². The molecule has 1 aliphatic heterocycles. The number of aromatic nitrogens is 3. The third kappa shape index (κ3) is 3.33. The molecule has 1 fully saturated rings. The predicted molar refractivity (Wildman–Crippen MR) is 102 cm³/mol. The molecule has 0 amide bonds. The van der Waals surface area contributed by atoms with Gasteiger partial charge in [-0.2, -0.15) is 0 Å². The number of rotatable bonds is 6. The molecule has 2 aromatic heterocycles. The van der Waals surface area contributed by atoms with Crippen molar-refractivity contribution in [2.24, 2.45) is 0 Å².